The van der Waals surface area contributed by atoms with Gasteiger partial charge in [-0.1, -0.05) is 0 Å². The van der Waals surface area contributed by atoms with Crippen LogP contribution in [0.1, 0.15) is 5.56 Å². The van der Waals surface area contributed by atoms with E-state index in [1.807, 2.05) is 0 Å². The van der Waals surface area contributed by atoms with Crippen molar-refractivity contribution < 1.29 is 23.0 Å². The number of ether oxygens (including phenoxy) is 3. The third-order valence-corrected chi connectivity index (χ3v) is 3.10. The topological polar surface area (TPSA) is 27.7 Å². The summed E-state index contributed by atoms with van der Waals surface area (Å²) < 4.78 is 43.0. The Morgan fingerprint density at radius 3 is 2.53 bits per heavy atom. The first-order valence-corrected chi connectivity index (χ1v) is 5.58. The summed E-state index contributed by atoms with van der Waals surface area (Å²) in [6.45, 7) is 1.37. The molecule has 1 fully saturated rings. The minimum absolute atomic E-state index is 0.0271. The fourth-order valence-corrected chi connectivity index (χ4v) is 2.26. The summed E-state index contributed by atoms with van der Waals surface area (Å²) in [5.41, 5.74) is 0.278. The molecule has 1 atom stereocenters. The summed E-state index contributed by atoms with van der Waals surface area (Å²) in [7, 11) is 0. The van der Waals surface area contributed by atoms with E-state index in [0.717, 1.165) is 12.1 Å². The highest BCUT2D eigenvalue weighted by Gasteiger charge is 2.33. The van der Waals surface area contributed by atoms with Crippen LogP contribution in [0.4, 0.5) is 8.78 Å². The predicted molar refractivity (Wildman–Crippen MR) is 54.7 cm³/mol. The molecule has 2 aliphatic heterocycles. The van der Waals surface area contributed by atoms with E-state index >= 15 is 0 Å². The second-order valence-corrected chi connectivity index (χ2v) is 4.22. The SMILES string of the molecule is Fc1ccc(F)c2c1CC(C1OCCO1)CO2. The number of hydrogen-bond acceptors (Lipinski definition) is 3. The fraction of sp³-hybridized carbons (Fsp3) is 0.500. The molecule has 2 aliphatic rings. The number of hydrogen-bond donors (Lipinski definition) is 0. The normalized spacial score (nSPS) is 24.5. The summed E-state index contributed by atoms with van der Waals surface area (Å²) in [5, 5.41) is 0. The zero-order valence-electron chi connectivity index (χ0n) is 9.12. The fourth-order valence-electron chi connectivity index (χ4n) is 2.26. The van der Waals surface area contributed by atoms with Gasteiger partial charge >= 0.3 is 0 Å². The van der Waals surface area contributed by atoms with Crippen molar-refractivity contribution >= 4 is 0 Å². The molecule has 17 heavy (non-hydrogen) atoms. The van der Waals surface area contributed by atoms with Gasteiger partial charge < -0.3 is 14.2 Å². The van der Waals surface area contributed by atoms with Gasteiger partial charge in [-0.2, -0.15) is 0 Å². The second-order valence-electron chi connectivity index (χ2n) is 4.22. The molecule has 0 aromatic heterocycles. The lowest BCUT2D eigenvalue weighted by Crippen LogP contribution is -2.33. The van der Waals surface area contributed by atoms with Crippen LogP contribution >= 0.6 is 0 Å². The van der Waals surface area contributed by atoms with Crippen LogP contribution in [0.25, 0.3) is 0 Å². The van der Waals surface area contributed by atoms with Crippen molar-refractivity contribution in [3.8, 4) is 5.75 Å². The van der Waals surface area contributed by atoms with Crippen molar-refractivity contribution in [2.75, 3.05) is 19.8 Å². The molecule has 0 aliphatic carbocycles. The largest absolute Gasteiger partial charge is 0.490 e. The minimum atomic E-state index is -0.520. The Morgan fingerprint density at radius 2 is 1.76 bits per heavy atom. The molecule has 1 saturated heterocycles. The van der Waals surface area contributed by atoms with Gasteiger partial charge in [-0.3, -0.25) is 0 Å². The van der Waals surface area contributed by atoms with Gasteiger partial charge in [-0.25, -0.2) is 8.78 Å². The highest BCUT2D eigenvalue weighted by atomic mass is 19.1. The van der Waals surface area contributed by atoms with Crippen LogP contribution in [0.15, 0.2) is 12.1 Å². The van der Waals surface area contributed by atoms with Crippen molar-refractivity contribution in [3.63, 3.8) is 0 Å². The lowest BCUT2D eigenvalue weighted by Gasteiger charge is -2.28. The maximum absolute atomic E-state index is 13.6. The van der Waals surface area contributed by atoms with E-state index in [0.29, 0.717) is 19.6 Å². The lowest BCUT2D eigenvalue weighted by molar-refractivity contribution is -0.0968. The maximum atomic E-state index is 13.6. The number of benzene rings is 1. The second kappa shape index (κ2) is 4.23. The molecule has 92 valence electrons. The molecule has 0 radical (unpaired) electrons. The molecule has 3 nitrogen and oxygen atoms in total. The van der Waals surface area contributed by atoms with Gasteiger partial charge in [0.05, 0.1) is 19.8 Å². The van der Waals surface area contributed by atoms with Crippen molar-refractivity contribution in [2.24, 2.45) is 5.92 Å². The van der Waals surface area contributed by atoms with E-state index < -0.39 is 11.6 Å². The Balaban J connectivity index is 1.86. The smallest absolute Gasteiger partial charge is 0.165 e. The average molecular weight is 242 g/mol. The molecular formula is C12H12F2O3. The number of fused-ring (bicyclic) bond motifs is 1. The predicted octanol–water partition coefficient (Wildman–Crippen LogP) is 1.89. The Morgan fingerprint density at radius 1 is 1.06 bits per heavy atom. The van der Waals surface area contributed by atoms with Crippen LogP contribution in [-0.4, -0.2) is 26.1 Å². The van der Waals surface area contributed by atoms with Crippen molar-refractivity contribution in [3.05, 3.63) is 29.3 Å². The van der Waals surface area contributed by atoms with E-state index in [1.54, 1.807) is 0 Å². The van der Waals surface area contributed by atoms with Crippen molar-refractivity contribution in [2.45, 2.75) is 12.7 Å². The molecule has 5 heteroatoms. The summed E-state index contributed by atoms with van der Waals surface area (Å²) in [6.07, 6.45) is 0.00895. The molecule has 0 N–H and O–H groups in total. The molecule has 0 spiro atoms. The highest BCUT2D eigenvalue weighted by Crippen LogP contribution is 2.34. The first kappa shape index (κ1) is 10.9. The van der Waals surface area contributed by atoms with E-state index in [2.05, 4.69) is 0 Å². The zero-order chi connectivity index (χ0) is 11.8. The molecule has 1 unspecified atom stereocenters. The summed E-state index contributed by atoms with van der Waals surface area (Å²) in [4.78, 5) is 0. The van der Waals surface area contributed by atoms with E-state index in [4.69, 9.17) is 14.2 Å². The Kier molecular flexibility index (Phi) is 2.72. The number of halogens is 2. The van der Waals surface area contributed by atoms with Crippen LogP contribution in [0.2, 0.25) is 0 Å². The van der Waals surface area contributed by atoms with E-state index in [9.17, 15) is 8.78 Å². The molecule has 2 heterocycles. The van der Waals surface area contributed by atoms with Crippen molar-refractivity contribution in [1.29, 1.82) is 0 Å². The van der Waals surface area contributed by atoms with Crippen LogP contribution < -0.4 is 4.74 Å². The third-order valence-electron chi connectivity index (χ3n) is 3.10. The van der Waals surface area contributed by atoms with Gasteiger partial charge in [-0.15, -0.1) is 0 Å². The first-order chi connectivity index (χ1) is 8.25. The van der Waals surface area contributed by atoms with Gasteiger partial charge in [0.25, 0.3) is 0 Å². The monoisotopic (exact) mass is 242 g/mol. The molecule has 1 aromatic rings. The Hall–Kier alpha value is -1.20. The van der Waals surface area contributed by atoms with Gasteiger partial charge in [0.15, 0.2) is 17.9 Å². The van der Waals surface area contributed by atoms with E-state index in [-0.39, 0.29) is 30.1 Å². The Bertz CT molecular complexity index is 430. The zero-order valence-corrected chi connectivity index (χ0v) is 9.12. The average Bonchev–Trinajstić information content (AvgIpc) is 2.87. The Labute approximate surface area is 97.3 Å². The summed E-state index contributed by atoms with van der Waals surface area (Å²) in [6, 6.07) is 2.20. The maximum Gasteiger partial charge on any atom is 0.165 e. The molecular weight excluding hydrogens is 230 g/mol. The summed E-state index contributed by atoms with van der Waals surface area (Å²) >= 11 is 0. The molecule has 0 amide bonds. The standard InChI is InChI=1S/C12H12F2O3/c13-9-1-2-10(14)11-8(9)5-7(6-17-11)12-15-3-4-16-12/h1-2,7,12H,3-6H2. The van der Waals surface area contributed by atoms with Crippen LogP contribution in [0, 0.1) is 17.6 Å². The van der Waals surface area contributed by atoms with Gasteiger partial charge in [0, 0.05) is 11.5 Å². The first-order valence-electron chi connectivity index (χ1n) is 5.58. The quantitative estimate of drug-likeness (QED) is 0.752. The third kappa shape index (κ3) is 1.89. The lowest BCUT2D eigenvalue weighted by atomic mass is 9.95. The molecule has 0 saturated carbocycles. The number of rotatable bonds is 1. The molecule has 0 bridgehead atoms. The van der Waals surface area contributed by atoms with E-state index in [1.165, 1.54) is 0 Å². The van der Waals surface area contributed by atoms with Gasteiger partial charge in [0.1, 0.15) is 5.82 Å². The summed E-state index contributed by atoms with van der Waals surface area (Å²) in [5.74, 6) is -1.02. The van der Waals surface area contributed by atoms with Gasteiger partial charge in [-0.05, 0) is 18.6 Å². The van der Waals surface area contributed by atoms with Crippen LogP contribution in [-0.2, 0) is 15.9 Å². The van der Waals surface area contributed by atoms with Crippen LogP contribution in [0.3, 0.4) is 0 Å². The highest BCUT2D eigenvalue weighted by molar-refractivity contribution is 5.38. The molecule has 3 rings (SSSR count). The minimum Gasteiger partial charge on any atom is -0.490 e. The van der Waals surface area contributed by atoms with Crippen molar-refractivity contribution in [1.82, 2.24) is 0 Å². The van der Waals surface area contributed by atoms with Crippen LogP contribution in [0.5, 0.6) is 5.75 Å². The van der Waals surface area contributed by atoms with Gasteiger partial charge in [0.2, 0.25) is 0 Å². The molecule has 1 aromatic carbocycles.